The smallest absolute Gasteiger partial charge is 0.239 e. The molecule has 2 N–H and O–H groups in total. The Balaban J connectivity index is 1.93. The van der Waals surface area contributed by atoms with Gasteiger partial charge in [0.05, 0.1) is 6.04 Å². The standard InChI is InChI=1S/C14H19ClFN3O/c1-10(17)14(20)19-7-5-18(6-8-19)9-11-12(15)3-2-4-13(11)16/h2-4,10H,5-9,17H2,1H3. The van der Waals surface area contributed by atoms with E-state index in [1.54, 1.807) is 24.0 Å². The largest absolute Gasteiger partial charge is 0.339 e. The topological polar surface area (TPSA) is 49.6 Å². The molecule has 110 valence electrons. The summed E-state index contributed by atoms with van der Waals surface area (Å²) in [5.41, 5.74) is 6.11. The quantitative estimate of drug-likeness (QED) is 0.919. The third-order valence-corrected chi connectivity index (χ3v) is 3.87. The van der Waals surface area contributed by atoms with Crippen LogP contribution in [0.4, 0.5) is 4.39 Å². The fraction of sp³-hybridized carbons (Fsp3) is 0.500. The molecule has 1 amide bonds. The number of hydrogen-bond acceptors (Lipinski definition) is 3. The van der Waals surface area contributed by atoms with Crippen molar-refractivity contribution in [3.8, 4) is 0 Å². The third-order valence-electron chi connectivity index (χ3n) is 3.52. The number of benzene rings is 1. The van der Waals surface area contributed by atoms with E-state index in [1.165, 1.54) is 6.07 Å². The van der Waals surface area contributed by atoms with Crippen molar-refractivity contribution in [1.82, 2.24) is 9.80 Å². The number of piperazine rings is 1. The first kappa shape index (κ1) is 15.2. The summed E-state index contributed by atoms with van der Waals surface area (Å²) >= 11 is 6.02. The van der Waals surface area contributed by atoms with Gasteiger partial charge in [0, 0.05) is 43.3 Å². The number of halogens is 2. The highest BCUT2D eigenvalue weighted by atomic mass is 35.5. The van der Waals surface area contributed by atoms with Crippen LogP contribution in [-0.2, 0) is 11.3 Å². The van der Waals surface area contributed by atoms with E-state index in [9.17, 15) is 9.18 Å². The van der Waals surface area contributed by atoms with Crippen LogP contribution in [-0.4, -0.2) is 47.9 Å². The number of rotatable bonds is 3. The van der Waals surface area contributed by atoms with Gasteiger partial charge >= 0.3 is 0 Å². The van der Waals surface area contributed by atoms with Crippen molar-refractivity contribution in [2.45, 2.75) is 19.5 Å². The van der Waals surface area contributed by atoms with Crippen LogP contribution < -0.4 is 5.73 Å². The Morgan fingerprint density at radius 3 is 2.60 bits per heavy atom. The monoisotopic (exact) mass is 299 g/mol. The molecule has 6 heteroatoms. The first-order valence-electron chi connectivity index (χ1n) is 6.68. The van der Waals surface area contributed by atoms with Crippen LogP contribution in [0.25, 0.3) is 0 Å². The first-order valence-corrected chi connectivity index (χ1v) is 7.06. The van der Waals surface area contributed by atoms with Crippen LogP contribution in [0.3, 0.4) is 0 Å². The lowest BCUT2D eigenvalue weighted by atomic mass is 10.1. The third kappa shape index (κ3) is 3.48. The summed E-state index contributed by atoms with van der Waals surface area (Å²) in [5, 5.41) is 0.444. The van der Waals surface area contributed by atoms with Gasteiger partial charge in [-0.15, -0.1) is 0 Å². The maximum absolute atomic E-state index is 13.7. The summed E-state index contributed by atoms with van der Waals surface area (Å²) in [4.78, 5) is 15.6. The van der Waals surface area contributed by atoms with E-state index in [4.69, 9.17) is 17.3 Å². The second kappa shape index (κ2) is 6.52. The van der Waals surface area contributed by atoms with Gasteiger partial charge in [-0.1, -0.05) is 17.7 Å². The van der Waals surface area contributed by atoms with Crippen molar-refractivity contribution in [1.29, 1.82) is 0 Å². The zero-order valence-electron chi connectivity index (χ0n) is 11.5. The molecule has 0 aromatic heterocycles. The van der Waals surface area contributed by atoms with Gasteiger partial charge in [0.1, 0.15) is 5.82 Å². The lowest BCUT2D eigenvalue weighted by Gasteiger charge is -2.35. The molecule has 20 heavy (non-hydrogen) atoms. The van der Waals surface area contributed by atoms with Gasteiger partial charge in [-0.05, 0) is 19.1 Å². The van der Waals surface area contributed by atoms with Gasteiger partial charge < -0.3 is 10.6 Å². The number of carbonyl (C=O) groups is 1. The van der Waals surface area contributed by atoms with Gasteiger partial charge in [-0.2, -0.15) is 0 Å². The summed E-state index contributed by atoms with van der Waals surface area (Å²) < 4.78 is 13.7. The molecule has 4 nitrogen and oxygen atoms in total. The van der Waals surface area contributed by atoms with E-state index in [0.717, 1.165) is 0 Å². The summed E-state index contributed by atoms with van der Waals surface area (Å²) in [5.74, 6) is -0.319. The molecule has 0 aliphatic carbocycles. The molecule has 1 aromatic rings. The average molecular weight is 300 g/mol. The van der Waals surface area contributed by atoms with Crippen LogP contribution in [0, 0.1) is 5.82 Å². The van der Waals surface area contributed by atoms with Crippen molar-refractivity contribution in [2.75, 3.05) is 26.2 Å². The molecule has 1 heterocycles. The molecule has 1 unspecified atom stereocenters. The van der Waals surface area contributed by atoms with Crippen LogP contribution in [0.5, 0.6) is 0 Å². The van der Waals surface area contributed by atoms with Crippen molar-refractivity contribution in [3.05, 3.63) is 34.6 Å². The van der Waals surface area contributed by atoms with Gasteiger partial charge in [0.2, 0.25) is 5.91 Å². The number of nitrogens with zero attached hydrogens (tertiary/aromatic N) is 2. The van der Waals surface area contributed by atoms with Crippen molar-refractivity contribution < 1.29 is 9.18 Å². The zero-order chi connectivity index (χ0) is 14.7. The fourth-order valence-corrected chi connectivity index (χ4v) is 2.54. The molecule has 1 aromatic carbocycles. The summed E-state index contributed by atoms with van der Waals surface area (Å²) in [6, 6.07) is 4.23. The number of amides is 1. The van der Waals surface area contributed by atoms with Crippen molar-refractivity contribution in [3.63, 3.8) is 0 Å². The molecule has 1 fully saturated rings. The second-order valence-corrected chi connectivity index (χ2v) is 5.50. The molecule has 0 bridgehead atoms. The molecule has 0 saturated carbocycles. The second-order valence-electron chi connectivity index (χ2n) is 5.09. The van der Waals surface area contributed by atoms with E-state index in [1.807, 2.05) is 0 Å². The first-order chi connectivity index (χ1) is 9.49. The minimum Gasteiger partial charge on any atom is -0.339 e. The van der Waals surface area contributed by atoms with E-state index >= 15 is 0 Å². The predicted molar refractivity (Wildman–Crippen MR) is 76.9 cm³/mol. The normalized spacial score (nSPS) is 18.1. The summed E-state index contributed by atoms with van der Waals surface area (Å²) in [6.07, 6.45) is 0. The van der Waals surface area contributed by atoms with E-state index in [-0.39, 0.29) is 11.7 Å². The van der Waals surface area contributed by atoms with Gasteiger partial charge in [0.25, 0.3) is 0 Å². The number of carbonyl (C=O) groups excluding carboxylic acids is 1. The number of nitrogens with two attached hydrogens (primary N) is 1. The molecular weight excluding hydrogens is 281 g/mol. The highest BCUT2D eigenvalue weighted by Crippen LogP contribution is 2.21. The molecule has 1 atom stereocenters. The van der Waals surface area contributed by atoms with E-state index in [0.29, 0.717) is 43.3 Å². The molecule has 2 rings (SSSR count). The molecular formula is C14H19ClFN3O. The molecule has 0 radical (unpaired) electrons. The fourth-order valence-electron chi connectivity index (χ4n) is 2.32. The Morgan fingerprint density at radius 1 is 1.40 bits per heavy atom. The lowest BCUT2D eigenvalue weighted by molar-refractivity contribution is -0.134. The van der Waals surface area contributed by atoms with Crippen molar-refractivity contribution in [2.24, 2.45) is 5.73 Å². The highest BCUT2D eigenvalue weighted by molar-refractivity contribution is 6.31. The van der Waals surface area contributed by atoms with Crippen LogP contribution in [0.15, 0.2) is 18.2 Å². The molecule has 1 aliphatic rings. The predicted octanol–water partition coefficient (Wildman–Crippen LogP) is 1.47. The Kier molecular flexibility index (Phi) is 4.96. The number of hydrogen-bond donors (Lipinski definition) is 1. The Bertz CT molecular complexity index is 467. The van der Waals surface area contributed by atoms with E-state index < -0.39 is 6.04 Å². The highest BCUT2D eigenvalue weighted by Gasteiger charge is 2.23. The Hall–Kier alpha value is -1.17. The summed E-state index contributed by atoms with van der Waals surface area (Å²) in [6.45, 7) is 4.78. The maximum atomic E-state index is 13.7. The summed E-state index contributed by atoms with van der Waals surface area (Å²) in [7, 11) is 0. The van der Waals surface area contributed by atoms with Crippen LogP contribution in [0.1, 0.15) is 12.5 Å². The minimum absolute atomic E-state index is 0.0337. The molecule has 1 aliphatic heterocycles. The van der Waals surface area contributed by atoms with Gasteiger partial charge in [-0.3, -0.25) is 9.69 Å². The average Bonchev–Trinajstić information content (AvgIpc) is 2.43. The molecule has 1 saturated heterocycles. The van der Waals surface area contributed by atoms with E-state index in [2.05, 4.69) is 4.90 Å². The van der Waals surface area contributed by atoms with Gasteiger partial charge in [-0.25, -0.2) is 4.39 Å². The Morgan fingerprint density at radius 2 is 2.05 bits per heavy atom. The molecule has 0 spiro atoms. The zero-order valence-corrected chi connectivity index (χ0v) is 12.2. The maximum Gasteiger partial charge on any atom is 0.239 e. The van der Waals surface area contributed by atoms with Gasteiger partial charge in [0.15, 0.2) is 0 Å². The lowest BCUT2D eigenvalue weighted by Crippen LogP contribution is -2.52. The minimum atomic E-state index is -0.470. The van der Waals surface area contributed by atoms with Crippen LogP contribution in [0.2, 0.25) is 5.02 Å². The van der Waals surface area contributed by atoms with Crippen molar-refractivity contribution >= 4 is 17.5 Å². The SMILES string of the molecule is CC(N)C(=O)N1CCN(Cc2c(F)cccc2Cl)CC1. The Labute approximate surface area is 123 Å². The van der Waals surface area contributed by atoms with Crippen LogP contribution >= 0.6 is 11.6 Å².